The van der Waals surface area contributed by atoms with Crippen LogP contribution in [0.15, 0.2) is 18.2 Å². The predicted octanol–water partition coefficient (Wildman–Crippen LogP) is 4.58. The highest BCUT2D eigenvalue weighted by atomic mass is 35.5. The average Bonchev–Trinajstić information content (AvgIpc) is 2.13. The van der Waals surface area contributed by atoms with Gasteiger partial charge in [-0.3, -0.25) is 0 Å². The van der Waals surface area contributed by atoms with Gasteiger partial charge in [-0.2, -0.15) is 13.2 Å². The van der Waals surface area contributed by atoms with Gasteiger partial charge < -0.3 is 5.73 Å². The molecule has 1 aliphatic carbocycles. The van der Waals surface area contributed by atoms with Crippen molar-refractivity contribution in [2.24, 2.45) is 11.7 Å². The van der Waals surface area contributed by atoms with Crippen LogP contribution in [0.3, 0.4) is 0 Å². The largest absolute Gasteiger partial charge is 0.417 e. The summed E-state index contributed by atoms with van der Waals surface area (Å²) in [6.07, 6.45) is -1.40. The van der Waals surface area contributed by atoms with Crippen molar-refractivity contribution in [2.45, 2.75) is 31.5 Å². The second-order valence-electron chi connectivity index (χ2n) is 4.42. The molecule has 0 spiro atoms. The summed E-state index contributed by atoms with van der Waals surface area (Å²) in [4.78, 5) is 0. The SMILES string of the molecule is Cl.N[C@@H](c1cccc(C(F)(F)F)c1Cl)C1CCC1. The Morgan fingerprint density at radius 3 is 2.33 bits per heavy atom. The number of nitrogens with two attached hydrogens (primary N) is 1. The predicted molar refractivity (Wildman–Crippen MR) is 68.0 cm³/mol. The molecule has 0 saturated heterocycles. The molecular weight excluding hydrogens is 286 g/mol. The van der Waals surface area contributed by atoms with Gasteiger partial charge in [-0.05, 0) is 30.4 Å². The minimum absolute atomic E-state index is 0. The fourth-order valence-corrected chi connectivity index (χ4v) is 2.44. The van der Waals surface area contributed by atoms with E-state index in [0.717, 1.165) is 25.3 Å². The first kappa shape index (κ1) is 15.6. The minimum atomic E-state index is -4.42. The first-order valence-corrected chi connectivity index (χ1v) is 5.90. The van der Waals surface area contributed by atoms with E-state index in [1.807, 2.05) is 0 Å². The van der Waals surface area contributed by atoms with Crippen LogP contribution >= 0.6 is 24.0 Å². The van der Waals surface area contributed by atoms with Crippen molar-refractivity contribution in [3.05, 3.63) is 34.3 Å². The van der Waals surface area contributed by atoms with E-state index in [9.17, 15) is 13.2 Å². The van der Waals surface area contributed by atoms with E-state index in [-0.39, 0.29) is 23.3 Å². The van der Waals surface area contributed by atoms with E-state index >= 15 is 0 Å². The fraction of sp³-hybridized carbons (Fsp3) is 0.500. The summed E-state index contributed by atoms with van der Waals surface area (Å²) in [6, 6.07) is 3.54. The Kier molecular flexibility index (Phi) is 4.92. The molecule has 1 fully saturated rings. The lowest BCUT2D eigenvalue weighted by Gasteiger charge is -2.32. The number of rotatable bonds is 2. The first-order valence-electron chi connectivity index (χ1n) is 5.52. The Hall–Kier alpha value is -0.450. The highest BCUT2D eigenvalue weighted by Crippen LogP contribution is 2.42. The van der Waals surface area contributed by atoms with Crippen LogP contribution in [0.4, 0.5) is 13.2 Å². The summed E-state index contributed by atoms with van der Waals surface area (Å²) in [5, 5.41) is -0.251. The van der Waals surface area contributed by atoms with Crippen molar-refractivity contribution >= 4 is 24.0 Å². The van der Waals surface area contributed by atoms with Crippen LogP contribution in [0.2, 0.25) is 5.02 Å². The molecule has 102 valence electrons. The van der Waals surface area contributed by atoms with Crippen LogP contribution in [-0.4, -0.2) is 0 Å². The number of halogens is 5. The van der Waals surface area contributed by atoms with E-state index in [0.29, 0.717) is 5.56 Å². The fourth-order valence-electron chi connectivity index (χ4n) is 2.08. The monoisotopic (exact) mass is 299 g/mol. The van der Waals surface area contributed by atoms with Gasteiger partial charge in [-0.15, -0.1) is 12.4 Å². The Bertz CT molecular complexity index is 416. The average molecular weight is 300 g/mol. The minimum Gasteiger partial charge on any atom is -0.324 e. The van der Waals surface area contributed by atoms with Gasteiger partial charge in [0.15, 0.2) is 0 Å². The lowest BCUT2D eigenvalue weighted by atomic mass is 9.77. The second-order valence-corrected chi connectivity index (χ2v) is 4.80. The Morgan fingerprint density at radius 1 is 1.28 bits per heavy atom. The van der Waals surface area contributed by atoms with Crippen LogP contribution in [0.1, 0.15) is 36.4 Å². The maximum atomic E-state index is 12.7. The summed E-state index contributed by atoms with van der Waals surface area (Å²) in [6.45, 7) is 0. The molecule has 0 aromatic heterocycles. The van der Waals surface area contributed by atoms with Crippen LogP contribution in [0, 0.1) is 5.92 Å². The molecule has 0 heterocycles. The molecule has 2 N–H and O–H groups in total. The number of alkyl halides is 3. The van der Waals surface area contributed by atoms with Gasteiger partial charge in [-0.25, -0.2) is 0 Å². The van der Waals surface area contributed by atoms with Gasteiger partial charge in [0.25, 0.3) is 0 Å². The maximum Gasteiger partial charge on any atom is 0.417 e. The van der Waals surface area contributed by atoms with Crippen LogP contribution in [0.5, 0.6) is 0 Å². The molecule has 0 aliphatic heterocycles. The molecule has 0 amide bonds. The molecule has 2 rings (SSSR count). The zero-order valence-corrected chi connectivity index (χ0v) is 11.1. The van der Waals surface area contributed by atoms with Crippen molar-refractivity contribution < 1.29 is 13.2 Å². The lowest BCUT2D eigenvalue weighted by molar-refractivity contribution is -0.137. The molecule has 6 heteroatoms. The molecule has 1 atom stereocenters. The summed E-state index contributed by atoms with van der Waals surface area (Å²) < 4.78 is 38.0. The van der Waals surface area contributed by atoms with Crippen molar-refractivity contribution in [1.82, 2.24) is 0 Å². The maximum absolute atomic E-state index is 12.7. The van der Waals surface area contributed by atoms with E-state index in [1.54, 1.807) is 6.07 Å². The van der Waals surface area contributed by atoms with Gasteiger partial charge >= 0.3 is 6.18 Å². The van der Waals surface area contributed by atoms with E-state index in [2.05, 4.69) is 0 Å². The molecule has 1 aromatic carbocycles. The van der Waals surface area contributed by atoms with Gasteiger partial charge in [0.05, 0.1) is 10.6 Å². The van der Waals surface area contributed by atoms with Gasteiger partial charge in [-0.1, -0.05) is 30.2 Å². The van der Waals surface area contributed by atoms with E-state index in [4.69, 9.17) is 17.3 Å². The Balaban J connectivity index is 0.00000162. The smallest absolute Gasteiger partial charge is 0.324 e. The van der Waals surface area contributed by atoms with Gasteiger partial charge in [0.2, 0.25) is 0 Å². The zero-order valence-electron chi connectivity index (χ0n) is 9.51. The molecule has 0 unspecified atom stereocenters. The number of hydrogen-bond acceptors (Lipinski definition) is 1. The molecule has 1 saturated carbocycles. The third-order valence-corrected chi connectivity index (χ3v) is 3.77. The van der Waals surface area contributed by atoms with Crippen LogP contribution in [-0.2, 0) is 6.18 Å². The second kappa shape index (κ2) is 5.68. The highest BCUT2D eigenvalue weighted by molar-refractivity contribution is 6.32. The molecule has 1 aromatic rings. The topological polar surface area (TPSA) is 26.0 Å². The summed E-state index contributed by atoms with van der Waals surface area (Å²) >= 11 is 5.81. The third kappa shape index (κ3) is 2.92. The molecular formula is C12H14Cl2F3N. The van der Waals surface area contributed by atoms with Crippen LogP contribution in [0.25, 0.3) is 0 Å². The molecule has 1 nitrogen and oxygen atoms in total. The zero-order chi connectivity index (χ0) is 12.6. The van der Waals surface area contributed by atoms with E-state index in [1.165, 1.54) is 6.07 Å². The number of benzene rings is 1. The normalized spacial score (nSPS) is 17.8. The standard InChI is InChI=1S/C12H13ClF3N.ClH/c13-10-8(11(17)7-3-1-4-7)5-2-6-9(10)12(14,15)16;/h2,5-7,11H,1,3-4,17H2;1H/t11-;/m1./s1. The highest BCUT2D eigenvalue weighted by Gasteiger charge is 2.35. The van der Waals surface area contributed by atoms with Gasteiger partial charge in [0.1, 0.15) is 0 Å². The Labute approximate surface area is 115 Å². The molecule has 1 aliphatic rings. The summed E-state index contributed by atoms with van der Waals surface area (Å²) in [5.41, 5.74) is 5.57. The first-order chi connectivity index (χ1) is 7.91. The number of hydrogen-bond donors (Lipinski definition) is 1. The van der Waals surface area contributed by atoms with Crippen molar-refractivity contribution in [3.63, 3.8) is 0 Å². The lowest BCUT2D eigenvalue weighted by Crippen LogP contribution is -2.27. The van der Waals surface area contributed by atoms with Crippen molar-refractivity contribution in [2.75, 3.05) is 0 Å². The van der Waals surface area contributed by atoms with E-state index < -0.39 is 17.8 Å². The summed E-state index contributed by atoms with van der Waals surface area (Å²) in [5.74, 6) is 0.260. The molecule has 0 bridgehead atoms. The third-order valence-electron chi connectivity index (χ3n) is 3.35. The van der Waals surface area contributed by atoms with Crippen molar-refractivity contribution in [3.8, 4) is 0 Å². The molecule has 18 heavy (non-hydrogen) atoms. The Morgan fingerprint density at radius 2 is 1.89 bits per heavy atom. The summed E-state index contributed by atoms with van der Waals surface area (Å²) in [7, 11) is 0. The van der Waals surface area contributed by atoms with Crippen LogP contribution < -0.4 is 5.73 Å². The molecule has 0 radical (unpaired) electrons. The quantitative estimate of drug-likeness (QED) is 0.850. The van der Waals surface area contributed by atoms with Crippen molar-refractivity contribution in [1.29, 1.82) is 0 Å². The van der Waals surface area contributed by atoms with Gasteiger partial charge in [0, 0.05) is 6.04 Å².